The third-order valence-corrected chi connectivity index (χ3v) is 6.28. The highest BCUT2D eigenvalue weighted by molar-refractivity contribution is 5.98. The van der Waals surface area contributed by atoms with Gasteiger partial charge < -0.3 is 29.7 Å². The van der Waals surface area contributed by atoms with E-state index >= 15 is 0 Å². The molecule has 186 valence electrons. The van der Waals surface area contributed by atoms with Gasteiger partial charge >= 0.3 is 0 Å². The Bertz CT molecular complexity index is 1210. The third kappa shape index (κ3) is 4.89. The molecule has 0 saturated carbocycles. The second-order valence-electron chi connectivity index (χ2n) is 9.81. The molecule has 0 spiro atoms. The molecule has 2 heterocycles. The molecule has 3 aliphatic rings. The predicted molar refractivity (Wildman–Crippen MR) is 140 cm³/mol. The van der Waals surface area contributed by atoms with Gasteiger partial charge in [-0.05, 0) is 70.1 Å². The van der Waals surface area contributed by atoms with Crippen LogP contribution in [0.1, 0.15) is 57.7 Å². The van der Waals surface area contributed by atoms with Gasteiger partial charge in [-0.2, -0.15) is 0 Å². The predicted octanol–water partition coefficient (Wildman–Crippen LogP) is 6.30. The SMILES string of the molecule is COC1=C2C(=CCC=C1O)O/C(=C\CO/C(C)=C\C(C)CO)c1c2ccc2c1C(C)=CC(C)(C)N2. The first-order valence-corrected chi connectivity index (χ1v) is 12.0. The molecule has 0 aromatic heterocycles. The zero-order chi connectivity index (χ0) is 25.3. The molecule has 0 saturated heterocycles. The largest absolute Gasteiger partial charge is 0.504 e. The van der Waals surface area contributed by atoms with Crippen LogP contribution in [-0.2, 0) is 14.2 Å². The fourth-order valence-corrected chi connectivity index (χ4v) is 4.91. The molecule has 0 bridgehead atoms. The number of aliphatic hydroxyl groups is 2. The van der Waals surface area contributed by atoms with Gasteiger partial charge in [-0.3, -0.25) is 0 Å². The smallest absolute Gasteiger partial charge is 0.171 e. The van der Waals surface area contributed by atoms with Gasteiger partial charge in [-0.25, -0.2) is 0 Å². The highest BCUT2D eigenvalue weighted by atomic mass is 16.5. The van der Waals surface area contributed by atoms with Crippen molar-refractivity contribution >= 4 is 22.6 Å². The molecule has 1 aromatic rings. The van der Waals surface area contributed by atoms with E-state index in [0.717, 1.165) is 39.3 Å². The minimum absolute atomic E-state index is 0.0278. The van der Waals surface area contributed by atoms with Gasteiger partial charge in [-0.1, -0.05) is 19.1 Å². The van der Waals surface area contributed by atoms with Crippen LogP contribution in [0.25, 0.3) is 16.9 Å². The fourth-order valence-electron chi connectivity index (χ4n) is 4.91. The van der Waals surface area contributed by atoms with Crippen LogP contribution >= 0.6 is 0 Å². The number of benzene rings is 1. The summed E-state index contributed by atoms with van der Waals surface area (Å²) in [5.74, 6) is 2.61. The van der Waals surface area contributed by atoms with Crippen LogP contribution in [0, 0.1) is 5.92 Å². The number of nitrogens with one attached hydrogen (secondary N) is 1. The maximum Gasteiger partial charge on any atom is 0.171 e. The summed E-state index contributed by atoms with van der Waals surface area (Å²) in [6.07, 6.45) is 10.3. The van der Waals surface area contributed by atoms with E-state index in [4.69, 9.17) is 14.2 Å². The molecule has 0 amide bonds. The highest BCUT2D eigenvalue weighted by Gasteiger charge is 2.35. The van der Waals surface area contributed by atoms with Crippen LogP contribution in [0.2, 0.25) is 0 Å². The summed E-state index contributed by atoms with van der Waals surface area (Å²) in [6.45, 7) is 10.6. The first-order chi connectivity index (χ1) is 16.6. The van der Waals surface area contributed by atoms with Crippen molar-refractivity contribution in [3.8, 4) is 0 Å². The molecule has 4 rings (SSSR count). The maximum atomic E-state index is 10.6. The number of methoxy groups -OCH3 is 1. The van der Waals surface area contributed by atoms with E-state index in [1.54, 1.807) is 13.2 Å². The van der Waals surface area contributed by atoms with Crippen molar-refractivity contribution < 1.29 is 24.4 Å². The number of allylic oxidation sites excluding steroid dienone is 5. The van der Waals surface area contributed by atoms with Gasteiger partial charge in [0, 0.05) is 34.9 Å². The maximum absolute atomic E-state index is 10.6. The van der Waals surface area contributed by atoms with Gasteiger partial charge in [0.05, 0.1) is 24.0 Å². The minimum Gasteiger partial charge on any atom is -0.504 e. The van der Waals surface area contributed by atoms with E-state index < -0.39 is 0 Å². The summed E-state index contributed by atoms with van der Waals surface area (Å²) < 4.78 is 18.0. The number of fused-ring (bicyclic) bond motifs is 5. The van der Waals surface area contributed by atoms with Gasteiger partial charge in [0.15, 0.2) is 11.5 Å². The van der Waals surface area contributed by atoms with E-state index in [1.165, 1.54) is 0 Å². The Morgan fingerprint density at radius 2 is 2.03 bits per heavy atom. The Labute approximate surface area is 207 Å². The second-order valence-corrected chi connectivity index (χ2v) is 9.81. The van der Waals surface area contributed by atoms with Crippen molar-refractivity contribution in [1.29, 1.82) is 0 Å². The van der Waals surface area contributed by atoms with Crippen LogP contribution in [0.3, 0.4) is 0 Å². The molecule has 2 aliphatic heterocycles. The Hall–Kier alpha value is -3.38. The lowest BCUT2D eigenvalue weighted by Gasteiger charge is -2.35. The van der Waals surface area contributed by atoms with Gasteiger partial charge in [0.2, 0.25) is 0 Å². The molecule has 1 aliphatic carbocycles. The first kappa shape index (κ1) is 24.7. The lowest BCUT2D eigenvalue weighted by Crippen LogP contribution is -2.32. The van der Waals surface area contributed by atoms with Crippen molar-refractivity contribution in [1.82, 2.24) is 0 Å². The molecular formula is C29H35NO5. The van der Waals surface area contributed by atoms with Crippen LogP contribution in [0.15, 0.2) is 65.5 Å². The fraction of sp³-hybridized carbons (Fsp3) is 0.379. The number of aliphatic hydroxyl groups excluding tert-OH is 2. The minimum atomic E-state index is -0.176. The Morgan fingerprint density at radius 1 is 1.26 bits per heavy atom. The second kappa shape index (κ2) is 9.70. The van der Waals surface area contributed by atoms with Crippen LogP contribution in [0.5, 0.6) is 0 Å². The first-order valence-electron chi connectivity index (χ1n) is 12.0. The van der Waals surface area contributed by atoms with Gasteiger partial charge in [0.1, 0.15) is 18.1 Å². The van der Waals surface area contributed by atoms with Crippen molar-refractivity contribution in [2.75, 3.05) is 25.6 Å². The number of ether oxygens (including phenoxy) is 3. The summed E-state index contributed by atoms with van der Waals surface area (Å²) in [7, 11) is 1.56. The molecule has 35 heavy (non-hydrogen) atoms. The average molecular weight is 478 g/mol. The number of rotatable bonds is 6. The van der Waals surface area contributed by atoms with Crippen molar-refractivity contribution in [2.45, 2.75) is 46.6 Å². The molecule has 1 atom stereocenters. The van der Waals surface area contributed by atoms with Crippen molar-refractivity contribution in [3.05, 3.63) is 82.2 Å². The summed E-state index contributed by atoms with van der Waals surface area (Å²) in [5, 5.41) is 23.6. The lowest BCUT2D eigenvalue weighted by molar-refractivity contribution is 0.231. The molecule has 3 N–H and O–H groups in total. The normalized spacial score (nSPS) is 20.7. The quantitative estimate of drug-likeness (QED) is 0.417. The zero-order valence-electron chi connectivity index (χ0n) is 21.4. The Morgan fingerprint density at radius 3 is 2.74 bits per heavy atom. The monoisotopic (exact) mass is 477 g/mol. The van der Waals surface area contributed by atoms with Crippen LogP contribution in [-0.4, -0.2) is 36.1 Å². The van der Waals surface area contributed by atoms with Crippen LogP contribution in [0.4, 0.5) is 5.69 Å². The van der Waals surface area contributed by atoms with Gasteiger partial charge in [0.25, 0.3) is 0 Å². The summed E-state index contributed by atoms with van der Waals surface area (Å²) in [5.41, 5.74) is 5.65. The highest BCUT2D eigenvalue weighted by Crippen LogP contribution is 2.49. The lowest BCUT2D eigenvalue weighted by atomic mass is 9.82. The molecule has 6 heteroatoms. The van der Waals surface area contributed by atoms with Crippen LogP contribution < -0.4 is 5.32 Å². The van der Waals surface area contributed by atoms with Crippen molar-refractivity contribution in [3.63, 3.8) is 0 Å². The third-order valence-electron chi connectivity index (χ3n) is 6.28. The molecule has 1 aromatic carbocycles. The van der Waals surface area contributed by atoms with E-state index in [2.05, 4.69) is 44.3 Å². The number of anilines is 1. The number of hydrogen-bond donors (Lipinski definition) is 3. The molecular weight excluding hydrogens is 442 g/mol. The van der Waals surface area contributed by atoms with Crippen molar-refractivity contribution in [2.24, 2.45) is 5.92 Å². The van der Waals surface area contributed by atoms with Gasteiger partial charge in [-0.15, -0.1) is 0 Å². The van der Waals surface area contributed by atoms with E-state index in [9.17, 15) is 10.2 Å². The Balaban J connectivity index is 1.87. The standard InChI is InChI=1S/C29H35NO5/c1-17(16-31)14-19(3)34-13-12-24-26-20(10-11-21-25(26)18(2)15-29(4,5)30-21)27-23(35-24)9-7-8-22(32)28(27)33-6/h8-12,14-15,17,30-32H,7,13,16H2,1-6H3/b19-14-,24-12-. The molecule has 0 fully saturated rings. The topological polar surface area (TPSA) is 80.2 Å². The van der Waals surface area contributed by atoms with E-state index in [0.29, 0.717) is 30.3 Å². The Kier molecular flexibility index (Phi) is 6.86. The number of hydrogen-bond acceptors (Lipinski definition) is 6. The summed E-state index contributed by atoms with van der Waals surface area (Å²) in [6, 6.07) is 4.14. The van der Waals surface area contributed by atoms with E-state index in [1.807, 2.05) is 32.1 Å². The summed E-state index contributed by atoms with van der Waals surface area (Å²) >= 11 is 0. The summed E-state index contributed by atoms with van der Waals surface area (Å²) in [4.78, 5) is 0. The zero-order valence-corrected chi connectivity index (χ0v) is 21.4. The molecule has 0 radical (unpaired) electrons. The molecule has 6 nitrogen and oxygen atoms in total. The molecule has 1 unspecified atom stereocenters. The average Bonchev–Trinajstić information content (AvgIpc) is 2.95. The van der Waals surface area contributed by atoms with E-state index in [-0.39, 0.29) is 23.8 Å².